The Morgan fingerprint density at radius 1 is 0.818 bits per heavy atom. The van der Waals surface area contributed by atoms with E-state index in [0.717, 1.165) is 36.5 Å². The first-order chi connectivity index (χ1) is 10.7. The van der Waals surface area contributed by atoms with Crippen molar-refractivity contribution in [3.05, 3.63) is 0 Å². The number of hydrogen-bond acceptors (Lipinski definition) is 1. The molecule has 0 bridgehead atoms. The lowest BCUT2D eigenvalue weighted by Gasteiger charge is -2.02. The Labute approximate surface area is 137 Å². The Morgan fingerprint density at radius 2 is 1.36 bits per heavy atom. The van der Waals surface area contributed by atoms with Gasteiger partial charge in [-0.15, -0.1) is 0 Å². The van der Waals surface area contributed by atoms with Gasteiger partial charge in [0.1, 0.15) is 0 Å². The minimum atomic E-state index is -0.645. The molecule has 2 rings (SSSR count). The van der Waals surface area contributed by atoms with E-state index in [-0.39, 0.29) is 0 Å². The van der Waals surface area contributed by atoms with Gasteiger partial charge in [0, 0.05) is 6.42 Å². The summed E-state index contributed by atoms with van der Waals surface area (Å²) in [6, 6.07) is 0. The second-order valence-electron chi connectivity index (χ2n) is 7.94. The lowest BCUT2D eigenvalue weighted by atomic mass is 10.0. The van der Waals surface area contributed by atoms with Crippen molar-refractivity contribution in [1.29, 1.82) is 0 Å². The van der Waals surface area contributed by atoms with Gasteiger partial charge in [0.2, 0.25) is 0 Å². The molecule has 0 aromatic heterocycles. The van der Waals surface area contributed by atoms with E-state index in [1.807, 2.05) is 0 Å². The maximum absolute atomic E-state index is 10.4. The first-order valence-corrected chi connectivity index (χ1v) is 9.92. The highest BCUT2D eigenvalue weighted by Crippen LogP contribution is 2.54. The topological polar surface area (TPSA) is 37.3 Å². The van der Waals surface area contributed by atoms with Crippen molar-refractivity contribution in [3.63, 3.8) is 0 Å². The van der Waals surface area contributed by atoms with E-state index in [2.05, 4.69) is 6.92 Å². The molecular formula is C20H36O2. The minimum absolute atomic E-state index is 0.353. The highest BCUT2D eigenvalue weighted by atomic mass is 16.4. The van der Waals surface area contributed by atoms with Crippen LogP contribution in [0.25, 0.3) is 0 Å². The van der Waals surface area contributed by atoms with Gasteiger partial charge in [0.15, 0.2) is 0 Å². The SMILES string of the molecule is CCCCCC1CC1C[C@H]1C[C@@H]1CCCCCCCC(=O)O. The van der Waals surface area contributed by atoms with Crippen LogP contribution in [0.15, 0.2) is 0 Å². The van der Waals surface area contributed by atoms with E-state index in [1.54, 1.807) is 6.42 Å². The van der Waals surface area contributed by atoms with Crippen molar-refractivity contribution in [2.75, 3.05) is 0 Å². The van der Waals surface area contributed by atoms with Crippen LogP contribution in [-0.4, -0.2) is 11.1 Å². The number of hydrogen-bond donors (Lipinski definition) is 1. The van der Waals surface area contributed by atoms with Crippen molar-refractivity contribution in [3.8, 4) is 0 Å². The Balaban J connectivity index is 1.36. The second kappa shape index (κ2) is 9.57. The standard InChI is InChI=1S/C20H36O2/c1-2-3-7-10-16-13-18(16)15-19-14-17(19)11-8-5-4-6-9-12-20(21)22/h16-19H,2-15H2,1H3,(H,21,22)/t16?,17-,18?,19+/m0/s1. The van der Waals surface area contributed by atoms with E-state index in [0.29, 0.717) is 6.42 Å². The van der Waals surface area contributed by atoms with Crippen molar-refractivity contribution in [2.24, 2.45) is 23.7 Å². The molecule has 2 unspecified atom stereocenters. The summed E-state index contributed by atoms with van der Waals surface area (Å²) in [7, 11) is 0. The van der Waals surface area contributed by atoms with Gasteiger partial charge >= 0.3 is 5.97 Å². The lowest BCUT2D eigenvalue weighted by Crippen LogP contribution is -1.93. The molecule has 4 atom stereocenters. The predicted molar refractivity (Wildman–Crippen MR) is 91.9 cm³/mol. The lowest BCUT2D eigenvalue weighted by molar-refractivity contribution is -0.137. The molecule has 0 aliphatic heterocycles. The van der Waals surface area contributed by atoms with Crippen LogP contribution < -0.4 is 0 Å². The van der Waals surface area contributed by atoms with E-state index in [4.69, 9.17) is 5.11 Å². The number of carboxylic acids is 1. The molecule has 22 heavy (non-hydrogen) atoms. The van der Waals surface area contributed by atoms with Gasteiger partial charge < -0.3 is 5.11 Å². The molecule has 0 spiro atoms. The van der Waals surface area contributed by atoms with Crippen LogP contribution in [0.2, 0.25) is 0 Å². The van der Waals surface area contributed by atoms with Crippen molar-refractivity contribution in [1.82, 2.24) is 0 Å². The summed E-state index contributed by atoms with van der Waals surface area (Å²) in [6.07, 6.45) is 18.0. The largest absolute Gasteiger partial charge is 0.481 e. The van der Waals surface area contributed by atoms with Gasteiger partial charge in [0.25, 0.3) is 0 Å². The second-order valence-corrected chi connectivity index (χ2v) is 7.94. The zero-order valence-corrected chi connectivity index (χ0v) is 14.6. The third kappa shape index (κ3) is 7.15. The van der Waals surface area contributed by atoms with Gasteiger partial charge in [-0.2, -0.15) is 0 Å². The van der Waals surface area contributed by atoms with E-state index >= 15 is 0 Å². The zero-order chi connectivity index (χ0) is 15.8. The molecule has 2 fully saturated rings. The van der Waals surface area contributed by atoms with Gasteiger partial charge in [-0.25, -0.2) is 0 Å². The Hall–Kier alpha value is -0.530. The van der Waals surface area contributed by atoms with Crippen molar-refractivity contribution < 1.29 is 9.90 Å². The molecule has 2 saturated carbocycles. The van der Waals surface area contributed by atoms with E-state index < -0.39 is 5.97 Å². The van der Waals surface area contributed by atoms with Crippen LogP contribution in [0.3, 0.4) is 0 Å². The third-order valence-corrected chi connectivity index (χ3v) is 5.89. The molecule has 0 amide bonds. The smallest absolute Gasteiger partial charge is 0.303 e. The molecule has 0 heterocycles. The van der Waals surface area contributed by atoms with Crippen LogP contribution in [0, 0.1) is 23.7 Å². The molecule has 2 nitrogen and oxygen atoms in total. The quantitative estimate of drug-likeness (QED) is 0.397. The first kappa shape index (κ1) is 17.8. The molecule has 0 saturated heterocycles. The zero-order valence-electron chi connectivity index (χ0n) is 14.6. The van der Waals surface area contributed by atoms with E-state index in [1.165, 1.54) is 64.2 Å². The summed E-state index contributed by atoms with van der Waals surface area (Å²) < 4.78 is 0. The molecule has 0 radical (unpaired) electrons. The predicted octanol–water partition coefficient (Wildman–Crippen LogP) is 6.04. The van der Waals surface area contributed by atoms with Gasteiger partial charge in [-0.05, 0) is 49.4 Å². The number of carboxylic acid groups (broad SMARTS) is 1. The summed E-state index contributed by atoms with van der Waals surface area (Å²) in [5, 5.41) is 8.58. The molecule has 2 aliphatic carbocycles. The first-order valence-electron chi connectivity index (χ1n) is 9.92. The molecule has 2 heteroatoms. The Bertz CT molecular complexity index is 326. The van der Waals surface area contributed by atoms with Crippen molar-refractivity contribution in [2.45, 2.75) is 96.8 Å². The van der Waals surface area contributed by atoms with Gasteiger partial charge in [0.05, 0.1) is 0 Å². The average molecular weight is 309 g/mol. The van der Waals surface area contributed by atoms with Crippen molar-refractivity contribution >= 4 is 5.97 Å². The molecule has 0 aromatic carbocycles. The van der Waals surface area contributed by atoms with Crippen LogP contribution in [0.5, 0.6) is 0 Å². The van der Waals surface area contributed by atoms with Crippen LogP contribution in [0.1, 0.15) is 96.8 Å². The Kier molecular flexibility index (Phi) is 7.75. The summed E-state index contributed by atoms with van der Waals surface area (Å²) in [4.78, 5) is 10.4. The Morgan fingerprint density at radius 3 is 1.95 bits per heavy atom. The van der Waals surface area contributed by atoms with Crippen LogP contribution >= 0.6 is 0 Å². The molecule has 2 aliphatic rings. The van der Waals surface area contributed by atoms with Crippen LogP contribution in [0.4, 0.5) is 0 Å². The molecule has 1 N–H and O–H groups in total. The fraction of sp³-hybridized carbons (Fsp3) is 0.950. The third-order valence-electron chi connectivity index (χ3n) is 5.89. The molecule has 0 aromatic rings. The van der Waals surface area contributed by atoms with E-state index in [9.17, 15) is 4.79 Å². The molecule has 128 valence electrons. The summed E-state index contributed by atoms with van der Waals surface area (Å²) in [5.74, 6) is 3.68. The fourth-order valence-electron chi connectivity index (χ4n) is 4.16. The summed E-state index contributed by atoms with van der Waals surface area (Å²) >= 11 is 0. The fourth-order valence-corrected chi connectivity index (χ4v) is 4.16. The minimum Gasteiger partial charge on any atom is -0.481 e. The average Bonchev–Trinajstić information content (AvgIpc) is 3.38. The highest BCUT2D eigenvalue weighted by Gasteiger charge is 2.44. The number of rotatable bonds is 14. The summed E-state index contributed by atoms with van der Waals surface area (Å²) in [5.41, 5.74) is 0. The van der Waals surface area contributed by atoms with Gasteiger partial charge in [-0.1, -0.05) is 64.7 Å². The molecular weight excluding hydrogens is 272 g/mol. The van der Waals surface area contributed by atoms with Crippen LogP contribution in [-0.2, 0) is 4.79 Å². The number of carbonyl (C=O) groups is 1. The number of aliphatic carboxylic acids is 1. The maximum Gasteiger partial charge on any atom is 0.303 e. The normalized spacial score (nSPS) is 29.5. The summed E-state index contributed by atoms with van der Waals surface area (Å²) in [6.45, 7) is 2.30. The monoisotopic (exact) mass is 308 g/mol. The highest BCUT2D eigenvalue weighted by molar-refractivity contribution is 5.66. The van der Waals surface area contributed by atoms with Gasteiger partial charge in [-0.3, -0.25) is 4.79 Å². The number of unbranched alkanes of at least 4 members (excludes halogenated alkanes) is 6. The maximum atomic E-state index is 10.4.